The minimum atomic E-state index is -2.52. The Kier molecular flexibility index (Phi) is 5.99. The number of rotatable bonds is 10. The van der Waals surface area contributed by atoms with Gasteiger partial charge in [0, 0.05) is 37.0 Å². The molecule has 188 valence electrons. The van der Waals surface area contributed by atoms with Crippen molar-refractivity contribution in [2.75, 3.05) is 24.5 Å². The molecule has 2 aromatic heterocycles. The van der Waals surface area contributed by atoms with Gasteiger partial charge < -0.3 is 20.4 Å². The van der Waals surface area contributed by atoms with Crippen molar-refractivity contribution in [3.8, 4) is 17.0 Å². The molecule has 2 saturated carbocycles. The first-order valence-electron chi connectivity index (χ1n) is 11.6. The maximum atomic E-state index is 14.1. The molecule has 5 rings (SSSR count). The maximum absolute atomic E-state index is 14.1. The van der Waals surface area contributed by atoms with Crippen molar-refractivity contribution in [1.29, 1.82) is 0 Å². The molecule has 1 aromatic carbocycles. The Morgan fingerprint density at radius 2 is 1.89 bits per heavy atom. The predicted octanol–water partition coefficient (Wildman–Crippen LogP) is 3.16. The fraction of sp³-hybridized carbons (Fsp3) is 0.391. The Bertz CT molecular complexity index is 1380. The van der Waals surface area contributed by atoms with Crippen LogP contribution in [0.25, 0.3) is 11.3 Å². The van der Waals surface area contributed by atoms with Gasteiger partial charge in [0.2, 0.25) is 0 Å². The number of amides is 1. The number of methoxy groups -OCH3 is 1. The first-order valence-corrected chi connectivity index (χ1v) is 13.4. The molecule has 0 bridgehead atoms. The molecule has 0 spiro atoms. The largest absolute Gasteiger partial charge is 0.494 e. The number of anilines is 3. The third-order valence-corrected chi connectivity index (χ3v) is 11.0. The number of hydrogen-bond donors (Lipinski definition) is 2. The van der Waals surface area contributed by atoms with Crippen molar-refractivity contribution < 1.29 is 14.1 Å². The maximum Gasteiger partial charge on any atom is 0.271 e. The number of aromatic nitrogens is 4. The Morgan fingerprint density at radius 1 is 1.19 bits per heavy atom. The molecule has 0 atom stereocenters. The van der Waals surface area contributed by atoms with Crippen molar-refractivity contribution in [3.05, 3.63) is 40.9 Å². The number of nitrogens with one attached hydrogen (secondary N) is 1. The molecule has 13 heteroatoms. The van der Waals surface area contributed by atoms with E-state index in [-0.39, 0.29) is 28.5 Å². The number of nitrogens with zero attached hydrogens (tertiary/aromatic N) is 6. The molecule has 0 unspecified atom stereocenters. The molecule has 3 aromatic rings. The van der Waals surface area contributed by atoms with Crippen molar-refractivity contribution in [2.45, 2.75) is 37.0 Å². The van der Waals surface area contributed by atoms with E-state index in [9.17, 15) is 14.3 Å². The molecule has 3 N–H and O–H groups in total. The highest BCUT2D eigenvalue weighted by molar-refractivity contribution is 7.73. The predicted molar refractivity (Wildman–Crippen MR) is 137 cm³/mol. The van der Waals surface area contributed by atoms with Crippen LogP contribution in [0.4, 0.5) is 17.2 Å². The first-order chi connectivity index (χ1) is 17.3. The summed E-state index contributed by atoms with van der Waals surface area (Å²) in [6.07, 6.45) is 4.04. The van der Waals surface area contributed by atoms with Gasteiger partial charge in [0.15, 0.2) is 17.3 Å². The van der Waals surface area contributed by atoms with Crippen LogP contribution in [0.1, 0.15) is 36.2 Å². The highest BCUT2D eigenvalue weighted by Gasteiger charge is 2.53. The van der Waals surface area contributed by atoms with Crippen LogP contribution in [0.5, 0.6) is 5.75 Å². The SMILES string of the molecule is COc1c(Nc2cc(N(C)N=O)nnc2C(N)=O)cccc1-c1cc(P(=O)(C2CC2)C2CC2)n(C)n1. The lowest BCUT2D eigenvalue weighted by Crippen LogP contribution is -2.20. The Hall–Kier alpha value is -3.79. The summed E-state index contributed by atoms with van der Waals surface area (Å²) < 4.78 is 21.6. The fourth-order valence-corrected chi connectivity index (χ4v) is 8.56. The van der Waals surface area contributed by atoms with Crippen LogP contribution in [0.3, 0.4) is 0 Å². The second kappa shape index (κ2) is 9.02. The normalized spacial score (nSPS) is 15.4. The second-order valence-corrected chi connectivity index (χ2v) is 12.5. The van der Waals surface area contributed by atoms with Crippen molar-refractivity contribution in [2.24, 2.45) is 18.1 Å². The van der Waals surface area contributed by atoms with Gasteiger partial charge >= 0.3 is 0 Å². The third-order valence-electron chi connectivity index (χ3n) is 6.62. The number of para-hydroxylation sites is 1. The average Bonchev–Trinajstić information content (AvgIpc) is 3.79. The van der Waals surface area contributed by atoms with Gasteiger partial charge in [-0.1, -0.05) is 6.07 Å². The number of aryl methyl sites for hydroxylation is 1. The van der Waals surface area contributed by atoms with Gasteiger partial charge in [-0.25, -0.2) is 5.01 Å². The summed E-state index contributed by atoms with van der Waals surface area (Å²) >= 11 is 0. The van der Waals surface area contributed by atoms with Gasteiger partial charge in [-0.2, -0.15) is 5.10 Å². The molecular weight excluding hydrogens is 483 g/mol. The third kappa shape index (κ3) is 4.11. The molecule has 0 saturated heterocycles. The van der Waals surface area contributed by atoms with E-state index >= 15 is 0 Å². The van der Waals surface area contributed by atoms with Gasteiger partial charge in [0.05, 0.1) is 34.9 Å². The highest BCUT2D eigenvalue weighted by atomic mass is 31.2. The topological polar surface area (TPSA) is 158 Å². The molecule has 0 aliphatic heterocycles. The smallest absolute Gasteiger partial charge is 0.271 e. The number of hydrogen-bond acceptors (Lipinski definition) is 9. The van der Waals surface area contributed by atoms with Crippen LogP contribution in [-0.4, -0.2) is 51.4 Å². The lowest BCUT2D eigenvalue weighted by molar-refractivity contribution is 0.0995. The Labute approximate surface area is 207 Å². The van der Waals surface area contributed by atoms with Crippen LogP contribution in [-0.2, 0) is 11.6 Å². The minimum Gasteiger partial charge on any atom is -0.494 e. The van der Waals surface area contributed by atoms with Gasteiger partial charge in [-0.3, -0.25) is 9.48 Å². The standard InChI is InChI=1S/C23H27N8O4P/c1-30(29-33)19-11-18(21(23(24)32)27-26-19)25-16-6-4-5-15(22(16)35-3)17-12-20(31(2)28-17)36(34,13-7-8-13)14-9-10-14/h4-6,11-14H,7-10H2,1-3H3,(H2,24,32)(H,25,26). The van der Waals surface area contributed by atoms with Crippen LogP contribution in [0.2, 0.25) is 0 Å². The summed E-state index contributed by atoms with van der Waals surface area (Å²) in [5.74, 6) is -0.206. The van der Waals surface area contributed by atoms with Crippen LogP contribution in [0, 0.1) is 4.91 Å². The Balaban J connectivity index is 1.55. The zero-order valence-corrected chi connectivity index (χ0v) is 21.1. The van der Waals surface area contributed by atoms with E-state index in [1.54, 1.807) is 10.7 Å². The quantitative estimate of drug-likeness (QED) is 0.237. The molecular formula is C23H27N8O4P. The van der Waals surface area contributed by atoms with Gasteiger partial charge in [-0.15, -0.1) is 15.1 Å². The Morgan fingerprint density at radius 3 is 2.47 bits per heavy atom. The summed E-state index contributed by atoms with van der Waals surface area (Å²) in [5.41, 5.74) is 8.79. The van der Waals surface area contributed by atoms with Crippen molar-refractivity contribution in [1.82, 2.24) is 20.0 Å². The summed E-state index contributed by atoms with van der Waals surface area (Å²) in [4.78, 5) is 22.9. The lowest BCUT2D eigenvalue weighted by Gasteiger charge is -2.17. The molecule has 1 amide bonds. The molecule has 2 heterocycles. The number of carbonyl (C=O) groups is 1. The number of nitroso groups, excluding NO2 is 1. The fourth-order valence-electron chi connectivity index (χ4n) is 4.57. The monoisotopic (exact) mass is 510 g/mol. The van der Waals surface area contributed by atoms with E-state index in [4.69, 9.17) is 15.6 Å². The van der Waals surface area contributed by atoms with Crippen molar-refractivity contribution in [3.63, 3.8) is 0 Å². The van der Waals surface area contributed by atoms with E-state index in [1.165, 1.54) is 20.2 Å². The number of nitrogens with two attached hydrogens (primary N) is 1. The van der Waals surface area contributed by atoms with E-state index in [1.807, 2.05) is 25.2 Å². The number of primary amides is 1. The summed E-state index contributed by atoms with van der Waals surface area (Å²) in [7, 11) is 2.26. The summed E-state index contributed by atoms with van der Waals surface area (Å²) in [5, 5.41) is 19.3. The average molecular weight is 510 g/mol. The highest BCUT2D eigenvalue weighted by Crippen LogP contribution is 2.69. The van der Waals surface area contributed by atoms with Crippen LogP contribution in [0.15, 0.2) is 35.6 Å². The van der Waals surface area contributed by atoms with Crippen molar-refractivity contribution >= 4 is 35.7 Å². The minimum absolute atomic E-state index is 0.111. The van der Waals surface area contributed by atoms with E-state index in [0.717, 1.165) is 36.1 Å². The lowest BCUT2D eigenvalue weighted by atomic mass is 10.1. The van der Waals surface area contributed by atoms with Gasteiger partial charge in [0.1, 0.15) is 7.14 Å². The summed E-state index contributed by atoms with van der Waals surface area (Å²) in [6, 6.07) is 8.81. The van der Waals surface area contributed by atoms with E-state index < -0.39 is 13.0 Å². The van der Waals surface area contributed by atoms with E-state index in [2.05, 4.69) is 20.8 Å². The van der Waals surface area contributed by atoms with E-state index in [0.29, 0.717) is 22.7 Å². The van der Waals surface area contributed by atoms with Crippen LogP contribution < -0.4 is 26.2 Å². The van der Waals surface area contributed by atoms with Crippen LogP contribution >= 0.6 is 7.14 Å². The number of carbonyl (C=O) groups excluding carboxylic acids is 1. The molecule has 12 nitrogen and oxygen atoms in total. The molecule has 2 aliphatic rings. The molecule has 2 aliphatic carbocycles. The van der Waals surface area contributed by atoms with Gasteiger partial charge in [0.25, 0.3) is 5.91 Å². The number of benzene rings is 1. The first kappa shape index (κ1) is 23.9. The molecule has 0 radical (unpaired) electrons. The molecule has 36 heavy (non-hydrogen) atoms. The zero-order valence-electron chi connectivity index (χ0n) is 20.2. The second-order valence-electron chi connectivity index (χ2n) is 9.13. The zero-order chi connectivity index (χ0) is 25.6. The number of ether oxygens (including phenoxy) is 1. The summed E-state index contributed by atoms with van der Waals surface area (Å²) in [6.45, 7) is 0. The molecule has 2 fully saturated rings. The van der Waals surface area contributed by atoms with Gasteiger partial charge in [-0.05, 0) is 43.9 Å².